The zero-order valence-corrected chi connectivity index (χ0v) is 24.7. The van der Waals surface area contributed by atoms with E-state index in [2.05, 4.69) is 75.5 Å². The summed E-state index contributed by atoms with van der Waals surface area (Å²) < 4.78 is 4.53. The number of hydrogen-bond acceptors (Lipinski definition) is 5. The van der Waals surface area contributed by atoms with Gasteiger partial charge in [-0.3, -0.25) is 0 Å². The second kappa shape index (κ2) is 14.2. The molecule has 0 aliphatic carbocycles. The van der Waals surface area contributed by atoms with Crippen LogP contribution in [0.15, 0.2) is 47.5 Å². The maximum atomic E-state index is 11.1. The third-order valence-corrected chi connectivity index (χ3v) is 8.99. The van der Waals surface area contributed by atoms with E-state index >= 15 is 0 Å². The zero-order valence-electron chi connectivity index (χ0n) is 23.8. The van der Waals surface area contributed by atoms with Crippen LogP contribution in [-0.4, -0.2) is 59.8 Å². The van der Waals surface area contributed by atoms with Crippen molar-refractivity contribution in [2.24, 2.45) is 0 Å². The van der Waals surface area contributed by atoms with Crippen LogP contribution in [-0.2, 0) is 11.2 Å². The van der Waals surface area contributed by atoms with Gasteiger partial charge in [-0.2, -0.15) is 0 Å². The Morgan fingerprint density at radius 3 is 2.39 bits per heavy atom. The predicted octanol–water partition coefficient (Wildman–Crippen LogP) is 7.27. The number of likely N-dealkylation sites (tertiary alicyclic amines) is 1. The van der Waals surface area contributed by atoms with Crippen molar-refractivity contribution >= 4 is 34.8 Å². The Hall–Kier alpha value is -2.28. The molecule has 2 aliphatic rings. The molecule has 5 rings (SSSR count). The van der Waals surface area contributed by atoms with Gasteiger partial charge in [-0.25, -0.2) is 4.31 Å². The summed E-state index contributed by atoms with van der Waals surface area (Å²) in [5.41, 5.74) is 6.44. The number of aromatic nitrogens is 1. The van der Waals surface area contributed by atoms with Gasteiger partial charge in [0.05, 0.1) is 6.04 Å². The molecule has 0 radical (unpaired) electrons. The Morgan fingerprint density at radius 1 is 0.947 bits per heavy atom. The summed E-state index contributed by atoms with van der Waals surface area (Å²) in [5, 5.41) is 4.51. The van der Waals surface area contributed by atoms with Crippen LogP contribution >= 0.6 is 11.9 Å². The SMILES string of the molecule is CNc1cc(CCCN2CCCC2)ccc1C.Cc1cn(C(C)C=O)c2ccc(SN3CCCCC3)cc12. The van der Waals surface area contributed by atoms with Crippen LogP contribution < -0.4 is 5.32 Å². The lowest BCUT2D eigenvalue weighted by Crippen LogP contribution is -2.22. The molecule has 2 aromatic carbocycles. The standard InChI is InChI=1S/C17H22N2OS.C15H24N2/c1-13-11-19(14(2)12-20)17-7-6-15(10-16(13)17)21-18-8-4-3-5-9-18;1-13-7-8-14(12-15(13)16-2)6-5-11-17-9-3-4-10-17/h6-7,10-12,14H,3-5,8-9H2,1-2H3;7-8,12,16H,3-6,9-11H2,1-2H3. The Labute approximate surface area is 234 Å². The lowest BCUT2D eigenvalue weighted by atomic mass is 10.1. The molecule has 2 saturated heterocycles. The Bertz CT molecular complexity index is 1180. The van der Waals surface area contributed by atoms with Crippen LogP contribution in [0, 0.1) is 13.8 Å². The molecule has 1 atom stereocenters. The molecule has 6 heteroatoms. The second-order valence-corrected chi connectivity index (χ2v) is 12.1. The first-order chi connectivity index (χ1) is 18.5. The monoisotopic (exact) mass is 534 g/mol. The smallest absolute Gasteiger partial charge is 0.142 e. The van der Waals surface area contributed by atoms with Crippen LogP contribution in [0.1, 0.15) is 68.2 Å². The van der Waals surface area contributed by atoms with Gasteiger partial charge < -0.3 is 19.6 Å². The molecule has 0 amide bonds. The van der Waals surface area contributed by atoms with Crippen LogP contribution in [0.3, 0.4) is 0 Å². The molecule has 1 unspecified atom stereocenters. The third-order valence-electron chi connectivity index (χ3n) is 7.90. The number of hydrogen-bond donors (Lipinski definition) is 1. The molecular formula is C32H46N4OS. The molecule has 2 fully saturated rings. The average molecular weight is 535 g/mol. The second-order valence-electron chi connectivity index (χ2n) is 10.9. The Kier molecular flexibility index (Phi) is 10.7. The van der Waals surface area contributed by atoms with Gasteiger partial charge in [-0.05, 0) is 132 Å². The van der Waals surface area contributed by atoms with Crippen molar-refractivity contribution < 1.29 is 4.79 Å². The summed E-state index contributed by atoms with van der Waals surface area (Å²) in [7, 11) is 2.00. The van der Waals surface area contributed by atoms with Crippen molar-refractivity contribution in [1.29, 1.82) is 0 Å². The summed E-state index contributed by atoms with van der Waals surface area (Å²) in [6.45, 7) is 12.5. The number of nitrogens with zero attached hydrogens (tertiary/aromatic N) is 3. The van der Waals surface area contributed by atoms with Gasteiger partial charge >= 0.3 is 0 Å². The number of rotatable bonds is 9. The summed E-state index contributed by atoms with van der Waals surface area (Å²) >= 11 is 1.87. The van der Waals surface area contributed by atoms with Crippen LogP contribution in [0.25, 0.3) is 10.9 Å². The number of aryl methyl sites for hydroxylation is 3. The van der Waals surface area contributed by atoms with E-state index < -0.39 is 0 Å². The highest BCUT2D eigenvalue weighted by Gasteiger charge is 2.14. The fourth-order valence-corrected chi connectivity index (χ4v) is 6.61. The quantitative estimate of drug-likeness (QED) is 0.231. The maximum absolute atomic E-state index is 11.1. The maximum Gasteiger partial charge on any atom is 0.142 e. The minimum Gasteiger partial charge on any atom is -0.388 e. The number of aldehydes is 1. The fourth-order valence-electron chi connectivity index (χ4n) is 5.58. The summed E-state index contributed by atoms with van der Waals surface area (Å²) in [6, 6.07) is 13.2. The fraction of sp³-hybridized carbons (Fsp3) is 0.531. The van der Waals surface area contributed by atoms with Crippen molar-refractivity contribution in [3.05, 3.63) is 59.3 Å². The van der Waals surface area contributed by atoms with Crippen molar-refractivity contribution in [3.8, 4) is 0 Å². The number of nitrogens with one attached hydrogen (secondary N) is 1. The molecule has 38 heavy (non-hydrogen) atoms. The van der Waals surface area contributed by atoms with E-state index in [1.165, 1.54) is 110 Å². The van der Waals surface area contributed by atoms with Crippen LogP contribution in [0.2, 0.25) is 0 Å². The molecule has 206 valence electrons. The van der Waals surface area contributed by atoms with Gasteiger partial charge in [0.25, 0.3) is 0 Å². The average Bonchev–Trinajstić information content (AvgIpc) is 3.58. The van der Waals surface area contributed by atoms with Gasteiger partial charge in [0.15, 0.2) is 0 Å². The number of anilines is 1. The highest BCUT2D eigenvalue weighted by atomic mass is 32.2. The molecular weight excluding hydrogens is 488 g/mol. The molecule has 0 bridgehead atoms. The predicted molar refractivity (Wildman–Crippen MR) is 163 cm³/mol. The molecule has 3 heterocycles. The first kappa shape index (κ1) is 28.7. The molecule has 5 nitrogen and oxygen atoms in total. The summed E-state index contributed by atoms with van der Waals surface area (Å²) in [5.74, 6) is 0. The molecule has 1 aromatic heterocycles. The lowest BCUT2D eigenvalue weighted by Gasteiger charge is -2.25. The van der Waals surface area contributed by atoms with Crippen molar-refractivity contribution in [1.82, 2.24) is 13.8 Å². The minimum atomic E-state index is -0.109. The van der Waals surface area contributed by atoms with Gasteiger partial charge in [0.1, 0.15) is 6.29 Å². The number of fused-ring (bicyclic) bond motifs is 1. The van der Waals surface area contributed by atoms with E-state index in [9.17, 15) is 4.79 Å². The molecule has 0 saturated carbocycles. The molecule has 1 N–H and O–H groups in total. The summed E-state index contributed by atoms with van der Waals surface area (Å²) in [4.78, 5) is 14.9. The number of benzene rings is 2. The Morgan fingerprint density at radius 2 is 1.68 bits per heavy atom. The zero-order chi connectivity index (χ0) is 26.9. The van der Waals surface area contributed by atoms with Crippen LogP contribution in [0.4, 0.5) is 5.69 Å². The molecule has 3 aromatic rings. The van der Waals surface area contributed by atoms with Crippen molar-refractivity contribution in [3.63, 3.8) is 0 Å². The first-order valence-electron chi connectivity index (χ1n) is 14.5. The number of carbonyl (C=O) groups excluding carboxylic acids is 1. The minimum absolute atomic E-state index is 0.109. The highest BCUT2D eigenvalue weighted by molar-refractivity contribution is 7.97. The topological polar surface area (TPSA) is 40.5 Å². The van der Waals surface area contributed by atoms with Gasteiger partial charge in [-0.1, -0.05) is 18.6 Å². The highest BCUT2D eigenvalue weighted by Crippen LogP contribution is 2.31. The van der Waals surface area contributed by atoms with E-state index in [0.29, 0.717) is 0 Å². The lowest BCUT2D eigenvalue weighted by molar-refractivity contribution is -0.110. The van der Waals surface area contributed by atoms with Crippen LogP contribution in [0.5, 0.6) is 0 Å². The number of piperidine rings is 1. The number of carbonyl (C=O) groups is 1. The van der Waals surface area contributed by atoms with E-state index in [-0.39, 0.29) is 6.04 Å². The normalized spacial score (nSPS) is 17.3. The van der Waals surface area contributed by atoms with Crippen molar-refractivity contribution in [2.75, 3.05) is 45.1 Å². The summed E-state index contributed by atoms with van der Waals surface area (Å²) in [6.07, 6.45) is 12.3. The largest absolute Gasteiger partial charge is 0.388 e. The third kappa shape index (κ3) is 7.64. The van der Waals surface area contributed by atoms with E-state index in [1.54, 1.807) is 0 Å². The van der Waals surface area contributed by atoms with Crippen molar-refractivity contribution in [2.45, 2.75) is 76.7 Å². The van der Waals surface area contributed by atoms with E-state index in [4.69, 9.17) is 0 Å². The van der Waals surface area contributed by atoms with Gasteiger partial charge in [-0.15, -0.1) is 0 Å². The van der Waals surface area contributed by atoms with E-state index in [1.807, 2.05) is 25.9 Å². The Balaban J connectivity index is 0.000000181. The van der Waals surface area contributed by atoms with E-state index in [0.717, 1.165) is 11.8 Å². The van der Waals surface area contributed by atoms with Gasteiger partial charge in [0, 0.05) is 47.8 Å². The van der Waals surface area contributed by atoms with Gasteiger partial charge in [0.2, 0.25) is 0 Å². The molecule has 0 spiro atoms. The molecule has 2 aliphatic heterocycles. The first-order valence-corrected chi connectivity index (χ1v) is 15.2.